The number of aliphatic hydroxyl groups is 1. The topological polar surface area (TPSA) is 43.8 Å². The lowest BCUT2D eigenvalue weighted by atomic mass is 9.72. The third-order valence-corrected chi connectivity index (χ3v) is 5.40. The van der Waals surface area contributed by atoms with Crippen LogP contribution in [-0.4, -0.2) is 53.1 Å². The van der Waals surface area contributed by atoms with Crippen molar-refractivity contribution in [3.63, 3.8) is 0 Å². The number of hydrogen-bond donors (Lipinski definition) is 1. The maximum absolute atomic E-state index is 12.3. The fraction of sp³-hybridized carbons (Fsp3) is 0.632. The number of aliphatic hydroxyl groups excluding tert-OH is 1. The van der Waals surface area contributed by atoms with Gasteiger partial charge >= 0.3 is 0 Å². The molecule has 0 aromatic heterocycles. The van der Waals surface area contributed by atoms with Crippen LogP contribution in [0.5, 0.6) is 0 Å². The smallest absolute Gasteiger partial charge is 0.222 e. The normalized spacial score (nSPS) is 23.2. The number of carbonyl (C=O) groups excluding carboxylic acids is 1. The second kappa shape index (κ2) is 7.02. The molecule has 1 atom stereocenters. The largest absolute Gasteiger partial charge is 0.392 e. The predicted octanol–water partition coefficient (Wildman–Crippen LogP) is 2.27. The Balaban J connectivity index is 1.61. The molecule has 3 rings (SSSR count). The van der Waals surface area contributed by atoms with Gasteiger partial charge in [0.25, 0.3) is 0 Å². The lowest BCUT2D eigenvalue weighted by Gasteiger charge is -2.47. The van der Waals surface area contributed by atoms with E-state index in [0.717, 1.165) is 52.0 Å². The Labute approximate surface area is 139 Å². The summed E-state index contributed by atoms with van der Waals surface area (Å²) in [5, 5.41) is 9.55. The molecule has 4 nitrogen and oxygen atoms in total. The molecule has 2 aliphatic heterocycles. The van der Waals surface area contributed by atoms with Crippen LogP contribution in [0, 0.1) is 5.41 Å². The molecule has 0 aliphatic carbocycles. The highest BCUT2D eigenvalue weighted by atomic mass is 16.3. The molecule has 1 amide bonds. The van der Waals surface area contributed by atoms with Gasteiger partial charge in [-0.1, -0.05) is 30.3 Å². The Kier molecular flexibility index (Phi) is 5.02. The summed E-state index contributed by atoms with van der Waals surface area (Å²) < 4.78 is 0. The van der Waals surface area contributed by atoms with Gasteiger partial charge in [0.1, 0.15) is 0 Å². The third kappa shape index (κ3) is 4.12. The Bertz CT molecular complexity index is 521. The molecular formula is C19H28N2O2. The van der Waals surface area contributed by atoms with Crippen LogP contribution in [0.2, 0.25) is 0 Å². The van der Waals surface area contributed by atoms with E-state index in [4.69, 9.17) is 0 Å². The first-order valence-electron chi connectivity index (χ1n) is 8.78. The number of rotatable bonds is 4. The van der Waals surface area contributed by atoms with E-state index in [0.29, 0.717) is 12.3 Å². The highest BCUT2D eigenvalue weighted by Crippen LogP contribution is 2.40. The lowest BCUT2D eigenvalue weighted by Crippen LogP contribution is -2.51. The molecule has 2 heterocycles. The molecule has 0 radical (unpaired) electrons. The molecule has 2 saturated heterocycles. The van der Waals surface area contributed by atoms with Gasteiger partial charge in [-0.3, -0.25) is 4.79 Å². The first-order chi connectivity index (χ1) is 11.1. The monoisotopic (exact) mass is 316 g/mol. The zero-order chi connectivity index (χ0) is 16.3. The number of amides is 1. The molecule has 1 aromatic rings. The van der Waals surface area contributed by atoms with Crippen molar-refractivity contribution in [1.29, 1.82) is 0 Å². The van der Waals surface area contributed by atoms with E-state index < -0.39 is 0 Å². The second-order valence-electron chi connectivity index (χ2n) is 7.39. The Morgan fingerprint density at radius 1 is 1.17 bits per heavy atom. The van der Waals surface area contributed by atoms with Gasteiger partial charge in [-0.05, 0) is 50.3 Å². The number of nitrogens with zero attached hydrogens (tertiary/aromatic N) is 2. The average molecular weight is 316 g/mol. The van der Waals surface area contributed by atoms with Crippen LogP contribution in [0.4, 0.5) is 0 Å². The minimum absolute atomic E-state index is 0.258. The molecular weight excluding hydrogens is 288 g/mol. The van der Waals surface area contributed by atoms with Crippen LogP contribution in [-0.2, 0) is 11.3 Å². The van der Waals surface area contributed by atoms with Crippen LogP contribution in [0.15, 0.2) is 30.3 Å². The lowest BCUT2D eigenvalue weighted by molar-refractivity contribution is -0.140. The maximum atomic E-state index is 12.3. The van der Waals surface area contributed by atoms with Gasteiger partial charge in [-0.25, -0.2) is 0 Å². The molecule has 1 aromatic carbocycles. The maximum Gasteiger partial charge on any atom is 0.222 e. The molecule has 2 aliphatic rings. The summed E-state index contributed by atoms with van der Waals surface area (Å²) in [6, 6.07) is 10.3. The van der Waals surface area contributed by atoms with Gasteiger partial charge < -0.3 is 14.9 Å². The van der Waals surface area contributed by atoms with Gasteiger partial charge in [-0.15, -0.1) is 0 Å². The second-order valence-corrected chi connectivity index (χ2v) is 7.39. The van der Waals surface area contributed by atoms with Crippen molar-refractivity contribution in [2.45, 2.75) is 45.3 Å². The van der Waals surface area contributed by atoms with Crippen molar-refractivity contribution in [2.24, 2.45) is 5.41 Å². The summed E-state index contributed by atoms with van der Waals surface area (Å²) in [7, 11) is 0. The Morgan fingerprint density at radius 3 is 2.52 bits per heavy atom. The van der Waals surface area contributed by atoms with Crippen LogP contribution in [0.3, 0.4) is 0 Å². The highest BCUT2D eigenvalue weighted by molar-refractivity contribution is 5.77. The SMILES string of the molecule is C[C@@H](O)CN1CCC2(CCC(=O)N(Cc3ccccc3)C2)CC1. The molecule has 126 valence electrons. The van der Waals surface area contributed by atoms with E-state index in [-0.39, 0.29) is 11.5 Å². The van der Waals surface area contributed by atoms with Gasteiger partial charge in [0, 0.05) is 26.1 Å². The van der Waals surface area contributed by atoms with Crippen molar-refractivity contribution in [3.05, 3.63) is 35.9 Å². The van der Waals surface area contributed by atoms with Crippen LogP contribution in [0.25, 0.3) is 0 Å². The van der Waals surface area contributed by atoms with Crippen LogP contribution < -0.4 is 0 Å². The molecule has 2 fully saturated rings. The van der Waals surface area contributed by atoms with Gasteiger partial charge in [-0.2, -0.15) is 0 Å². The third-order valence-electron chi connectivity index (χ3n) is 5.40. The minimum atomic E-state index is -0.258. The quantitative estimate of drug-likeness (QED) is 0.927. The zero-order valence-electron chi connectivity index (χ0n) is 14.1. The number of β-amino-alcohol motifs (C(OH)–C–C–N with tert-alkyl or cyclic N) is 1. The number of likely N-dealkylation sites (tertiary alicyclic amines) is 2. The van der Waals surface area contributed by atoms with Gasteiger partial charge in [0.2, 0.25) is 5.91 Å². The van der Waals surface area contributed by atoms with Crippen LogP contribution >= 0.6 is 0 Å². The van der Waals surface area contributed by atoms with Gasteiger partial charge in [0.05, 0.1) is 6.10 Å². The summed E-state index contributed by atoms with van der Waals surface area (Å²) in [6.45, 7) is 6.33. The van der Waals surface area contributed by atoms with E-state index in [1.165, 1.54) is 5.56 Å². The minimum Gasteiger partial charge on any atom is -0.392 e. The first-order valence-corrected chi connectivity index (χ1v) is 8.78. The summed E-state index contributed by atoms with van der Waals surface area (Å²) in [5.41, 5.74) is 1.50. The molecule has 0 unspecified atom stereocenters. The van der Waals surface area contributed by atoms with Crippen molar-refractivity contribution >= 4 is 5.91 Å². The molecule has 0 saturated carbocycles. The first kappa shape index (κ1) is 16.5. The highest BCUT2D eigenvalue weighted by Gasteiger charge is 2.40. The zero-order valence-corrected chi connectivity index (χ0v) is 14.1. The number of carbonyl (C=O) groups is 1. The Hall–Kier alpha value is -1.39. The van der Waals surface area contributed by atoms with E-state index in [9.17, 15) is 9.90 Å². The standard InChI is InChI=1S/C19H28N2O2/c1-16(22)13-20-11-9-19(10-12-20)8-7-18(23)21(15-19)14-17-5-3-2-4-6-17/h2-6,16,22H,7-15H2,1H3/t16-/m1/s1. The summed E-state index contributed by atoms with van der Waals surface area (Å²) in [6.07, 6.45) is 3.73. The van der Waals surface area contributed by atoms with Crippen LogP contribution in [0.1, 0.15) is 38.2 Å². The Morgan fingerprint density at radius 2 is 1.87 bits per heavy atom. The van der Waals surface area contributed by atoms with Crippen molar-refractivity contribution in [2.75, 3.05) is 26.2 Å². The van der Waals surface area contributed by atoms with Crippen molar-refractivity contribution in [1.82, 2.24) is 9.80 Å². The van der Waals surface area contributed by atoms with Gasteiger partial charge in [0.15, 0.2) is 0 Å². The molecule has 1 N–H and O–H groups in total. The van der Waals surface area contributed by atoms with E-state index >= 15 is 0 Å². The molecule has 1 spiro atoms. The summed E-state index contributed by atoms with van der Waals surface area (Å²) >= 11 is 0. The van der Waals surface area contributed by atoms with E-state index in [2.05, 4.69) is 21.9 Å². The fourth-order valence-corrected chi connectivity index (χ4v) is 4.04. The number of hydrogen-bond acceptors (Lipinski definition) is 3. The van der Waals surface area contributed by atoms with Crippen molar-refractivity contribution in [3.8, 4) is 0 Å². The number of benzene rings is 1. The van der Waals surface area contributed by atoms with E-state index in [1.54, 1.807) is 0 Å². The van der Waals surface area contributed by atoms with Crippen molar-refractivity contribution < 1.29 is 9.90 Å². The van der Waals surface area contributed by atoms with E-state index in [1.807, 2.05) is 25.1 Å². The predicted molar refractivity (Wildman–Crippen MR) is 90.9 cm³/mol. The summed E-state index contributed by atoms with van der Waals surface area (Å²) in [5.74, 6) is 0.297. The number of piperidine rings is 2. The average Bonchev–Trinajstić information content (AvgIpc) is 2.54. The molecule has 4 heteroatoms. The fourth-order valence-electron chi connectivity index (χ4n) is 4.04. The summed E-state index contributed by atoms with van der Waals surface area (Å²) in [4.78, 5) is 16.7. The molecule has 0 bridgehead atoms. The molecule has 23 heavy (non-hydrogen) atoms.